The van der Waals surface area contributed by atoms with E-state index in [2.05, 4.69) is 21.0 Å². The summed E-state index contributed by atoms with van der Waals surface area (Å²) < 4.78 is 31.3. The summed E-state index contributed by atoms with van der Waals surface area (Å²) in [6.45, 7) is 4.18. The molecule has 0 fully saturated rings. The number of hydrogen-bond donors (Lipinski definition) is 1. The zero-order valence-electron chi connectivity index (χ0n) is 21.4. The third kappa shape index (κ3) is 26.0. The van der Waals surface area contributed by atoms with Crippen molar-refractivity contribution in [2.75, 3.05) is 32.9 Å². The first-order chi connectivity index (χ1) is 14.8. The van der Waals surface area contributed by atoms with Gasteiger partial charge in [0.05, 0.1) is 32.9 Å². The molecule has 31 heavy (non-hydrogen) atoms. The topological polar surface area (TPSA) is 54.4 Å². The molecule has 0 aliphatic rings. The summed E-state index contributed by atoms with van der Waals surface area (Å²) in [7, 11) is 0.492. The molecule has 0 aliphatic heterocycles. The van der Waals surface area contributed by atoms with Gasteiger partial charge in [-0.1, -0.05) is 116 Å². The first-order valence-electron chi connectivity index (χ1n) is 13.5. The zero-order chi connectivity index (χ0) is 23.3. The second-order valence-electron chi connectivity index (χ2n) is 10.4. The molecule has 0 unspecified atom stereocenters. The summed E-state index contributed by atoms with van der Waals surface area (Å²) in [4.78, 5) is 0. The number of nitrogens with zero attached hydrogens (tertiary/aromatic N) is 1. The van der Waals surface area contributed by atoms with E-state index in [0.717, 1.165) is 17.6 Å². The van der Waals surface area contributed by atoms with Crippen LogP contribution in [-0.2, 0) is 10.1 Å². The molecule has 0 heterocycles. The van der Waals surface area contributed by atoms with Crippen molar-refractivity contribution in [3.05, 3.63) is 0 Å². The standard InChI is InChI=1S/C26H55NO3S/c1-4-5-6-7-8-9-10-11-12-13-14-15-16-17-18-19-20-21-22-24-27(2,3)25-23-26-31(28,29)30/h4-26H2,1-3H3/p+1. The summed E-state index contributed by atoms with van der Waals surface area (Å²) in [5.74, 6) is -0.117. The lowest BCUT2D eigenvalue weighted by atomic mass is 10.0. The van der Waals surface area contributed by atoms with Crippen LogP contribution in [0.2, 0.25) is 0 Å². The molecule has 0 radical (unpaired) electrons. The molecule has 4 nitrogen and oxygen atoms in total. The van der Waals surface area contributed by atoms with Crippen LogP contribution in [0.25, 0.3) is 0 Å². The highest BCUT2D eigenvalue weighted by molar-refractivity contribution is 7.85. The second kappa shape index (κ2) is 20.5. The first kappa shape index (κ1) is 30.9. The highest BCUT2D eigenvalue weighted by Gasteiger charge is 2.16. The fourth-order valence-electron chi connectivity index (χ4n) is 4.41. The van der Waals surface area contributed by atoms with Gasteiger partial charge in [-0.25, -0.2) is 0 Å². The Kier molecular flexibility index (Phi) is 20.4. The second-order valence-corrected chi connectivity index (χ2v) is 12.0. The molecule has 0 saturated heterocycles. The van der Waals surface area contributed by atoms with E-state index in [-0.39, 0.29) is 5.75 Å². The van der Waals surface area contributed by atoms with Crippen LogP contribution in [0.3, 0.4) is 0 Å². The maximum atomic E-state index is 10.8. The Labute approximate surface area is 195 Å². The van der Waals surface area contributed by atoms with E-state index in [0.29, 0.717) is 6.42 Å². The molecule has 0 aromatic carbocycles. The molecule has 0 aromatic rings. The third-order valence-electron chi connectivity index (χ3n) is 6.53. The van der Waals surface area contributed by atoms with Gasteiger partial charge in [-0.3, -0.25) is 4.55 Å². The monoisotopic (exact) mass is 462 g/mol. The van der Waals surface area contributed by atoms with E-state index >= 15 is 0 Å². The van der Waals surface area contributed by atoms with Gasteiger partial charge in [-0.2, -0.15) is 8.42 Å². The maximum Gasteiger partial charge on any atom is 0.265 e. The SMILES string of the molecule is CCCCCCCCCCCCCCCCCCCCC[N+](C)(C)CCCS(=O)(=O)O. The largest absolute Gasteiger partial charge is 0.328 e. The summed E-state index contributed by atoms with van der Waals surface area (Å²) in [5, 5.41) is 0. The van der Waals surface area contributed by atoms with Crippen molar-refractivity contribution >= 4 is 10.1 Å². The van der Waals surface area contributed by atoms with Crippen molar-refractivity contribution in [2.45, 2.75) is 135 Å². The lowest BCUT2D eigenvalue weighted by Crippen LogP contribution is -2.41. The first-order valence-corrected chi connectivity index (χ1v) is 15.1. The van der Waals surface area contributed by atoms with E-state index < -0.39 is 10.1 Å². The fourth-order valence-corrected chi connectivity index (χ4v) is 4.90. The van der Waals surface area contributed by atoms with E-state index in [1.54, 1.807) is 0 Å². The Morgan fingerprint density at radius 2 is 0.806 bits per heavy atom. The van der Waals surface area contributed by atoms with Crippen molar-refractivity contribution < 1.29 is 17.5 Å². The average Bonchev–Trinajstić information content (AvgIpc) is 2.68. The van der Waals surface area contributed by atoms with Crippen molar-refractivity contribution in [1.29, 1.82) is 0 Å². The van der Waals surface area contributed by atoms with Gasteiger partial charge in [0.2, 0.25) is 0 Å². The van der Waals surface area contributed by atoms with Gasteiger partial charge >= 0.3 is 0 Å². The van der Waals surface area contributed by atoms with Gasteiger partial charge < -0.3 is 4.48 Å². The summed E-state index contributed by atoms with van der Waals surface area (Å²) in [6.07, 6.45) is 27.1. The van der Waals surface area contributed by atoms with Crippen LogP contribution in [0.4, 0.5) is 0 Å². The third-order valence-corrected chi connectivity index (χ3v) is 7.34. The Morgan fingerprint density at radius 3 is 1.13 bits per heavy atom. The van der Waals surface area contributed by atoms with Gasteiger partial charge in [-0.05, 0) is 12.8 Å². The molecule has 0 bridgehead atoms. The van der Waals surface area contributed by atoms with E-state index in [9.17, 15) is 8.42 Å². The van der Waals surface area contributed by atoms with Crippen molar-refractivity contribution in [2.24, 2.45) is 0 Å². The van der Waals surface area contributed by atoms with Gasteiger partial charge in [0.15, 0.2) is 0 Å². The Balaban J connectivity index is 3.26. The van der Waals surface area contributed by atoms with Crippen LogP contribution in [0.1, 0.15) is 135 Å². The molecular weight excluding hydrogens is 406 g/mol. The van der Waals surface area contributed by atoms with Crippen molar-refractivity contribution in [3.63, 3.8) is 0 Å². The maximum absolute atomic E-state index is 10.8. The Bertz CT molecular complexity index is 477. The number of hydrogen-bond acceptors (Lipinski definition) is 2. The zero-order valence-corrected chi connectivity index (χ0v) is 22.2. The molecule has 0 aromatic heterocycles. The van der Waals surface area contributed by atoms with Crippen LogP contribution in [0.15, 0.2) is 0 Å². The lowest BCUT2D eigenvalue weighted by molar-refractivity contribution is -0.890. The van der Waals surface area contributed by atoms with Crippen molar-refractivity contribution in [1.82, 2.24) is 0 Å². The number of unbranched alkanes of at least 4 members (excludes halogenated alkanes) is 18. The molecular formula is C26H56NO3S+. The molecule has 0 amide bonds. The van der Waals surface area contributed by atoms with Crippen LogP contribution < -0.4 is 0 Å². The average molecular weight is 463 g/mol. The molecule has 188 valence electrons. The minimum absolute atomic E-state index is 0.117. The van der Waals surface area contributed by atoms with E-state index in [1.165, 1.54) is 122 Å². The Hall–Kier alpha value is -0.130. The smallest absolute Gasteiger partial charge is 0.265 e. The highest BCUT2D eigenvalue weighted by atomic mass is 32.2. The van der Waals surface area contributed by atoms with E-state index in [4.69, 9.17) is 4.55 Å². The predicted octanol–water partition coefficient (Wildman–Crippen LogP) is 7.77. The van der Waals surface area contributed by atoms with Crippen LogP contribution in [-0.4, -0.2) is 50.4 Å². The molecule has 1 N–H and O–H groups in total. The minimum Gasteiger partial charge on any atom is -0.328 e. The molecule has 0 atom stereocenters. The van der Waals surface area contributed by atoms with Gasteiger partial charge in [-0.15, -0.1) is 0 Å². The van der Waals surface area contributed by atoms with Crippen molar-refractivity contribution in [3.8, 4) is 0 Å². The quantitative estimate of drug-likeness (QED) is 0.0905. The molecule has 0 aliphatic carbocycles. The van der Waals surface area contributed by atoms with Crippen LogP contribution in [0.5, 0.6) is 0 Å². The normalized spacial score (nSPS) is 12.5. The van der Waals surface area contributed by atoms with Crippen LogP contribution >= 0.6 is 0 Å². The Morgan fingerprint density at radius 1 is 0.516 bits per heavy atom. The lowest BCUT2D eigenvalue weighted by Gasteiger charge is -2.29. The predicted molar refractivity (Wildman–Crippen MR) is 136 cm³/mol. The molecule has 0 rings (SSSR count). The van der Waals surface area contributed by atoms with Gasteiger partial charge in [0.1, 0.15) is 0 Å². The number of quaternary nitrogens is 1. The summed E-state index contributed by atoms with van der Waals surface area (Å²) in [6, 6.07) is 0. The fraction of sp³-hybridized carbons (Fsp3) is 1.00. The minimum atomic E-state index is -3.81. The van der Waals surface area contributed by atoms with E-state index in [1.807, 2.05) is 0 Å². The van der Waals surface area contributed by atoms with Crippen LogP contribution in [0, 0.1) is 0 Å². The van der Waals surface area contributed by atoms with Gasteiger partial charge in [0.25, 0.3) is 10.1 Å². The molecule has 0 saturated carbocycles. The van der Waals surface area contributed by atoms with Gasteiger partial charge in [0, 0.05) is 6.42 Å². The highest BCUT2D eigenvalue weighted by Crippen LogP contribution is 2.15. The summed E-state index contributed by atoms with van der Waals surface area (Å²) in [5.41, 5.74) is 0. The molecule has 0 spiro atoms. The number of rotatable bonds is 24. The summed E-state index contributed by atoms with van der Waals surface area (Å²) >= 11 is 0. The molecule has 5 heteroatoms.